The van der Waals surface area contributed by atoms with Crippen molar-refractivity contribution < 1.29 is 14.3 Å². The van der Waals surface area contributed by atoms with Crippen LogP contribution in [0.2, 0.25) is 0 Å². The van der Waals surface area contributed by atoms with Gasteiger partial charge in [0.25, 0.3) is 5.91 Å². The van der Waals surface area contributed by atoms with Crippen molar-refractivity contribution in [2.45, 2.75) is 6.42 Å². The van der Waals surface area contributed by atoms with E-state index in [0.29, 0.717) is 23.5 Å². The smallest absolute Gasteiger partial charge is 0.251 e. The maximum absolute atomic E-state index is 11.5. The normalized spacial score (nSPS) is 12.5. The quantitative estimate of drug-likeness (QED) is 0.908. The number of anilines is 1. The van der Waals surface area contributed by atoms with Crippen LogP contribution in [0.1, 0.15) is 15.9 Å². The van der Waals surface area contributed by atoms with Gasteiger partial charge < -0.3 is 15.4 Å². The van der Waals surface area contributed by atoms with E-state index in [9.17, 15) is 9.59 Å². The van der Waals surface area contributed by atoms with Gasteiger partial charge in [-0.1, -0.05) is 0 Å². The molecular weight excluding hydrogens is 268 g/mol. The minimum absolute atomic E-state index is 0.00270. The summed E-state index contributed by atoms with van der Waals surface area (Å²) in [5.74, 6) is 1.17. The van der Waals surface area contributed by atoms with Crippen LogP contribution in [0.15, 0.2) is 42.5 Å². The standard InChI is InChI=1S/C16H14N2O3/c1-17-16(20)10-2-4-12(5-3-10)21-13-6-7-14-11(8-13)9-15(19)18-14/h2-8H,9H2,1H3,(H,17,20)(H,18,19). The number of hydrogen-bond acceptors (Lipinski definition) is 3. The lowest BCUT2D eigenvalue weighted by Crippen LogP contribution is -2.17. The number of rotatable bonds is 3. The molecule has 0 bridgehead atoms. The molecule has 0 fully saturated rings. The second-order valence-corrected chi connectivity index (χ2v) is 4.75. The first-order valence-corrected chi connectivity index (χ1v) is 6.58. The van der Waals surface area contributed by atoms with E-state index in [0.717, 1.165) is 11.3 Å². The van der Waals surface area contributed by atoms with Gasteiger partial charge in [-0.3, -0.25) is 9.59 Å². The average molecular weight is 282 g/mol. The van der Waals surface area contributed by atoms with Crippen molar-refractivity contribution in [3.05, 3.63) is 53.6 Å². The highest BCUT2D eigenvalue weighted by Gasteiger charge is 2.17. The molecule has 0 spiro atoms. The van der Waals surface area contributed by atoms with Gasteiger partial charge >= 0.3 is 0 Å². The molecule has 5 heteroatoms. The van der Waals surface area contributed by atoms with Crippen LogP contribution in [-0.2, 0) is 11.2 Å². The Hall–Kier alpha value is -2.82. The van der Waals surface area contributed by atoms with Gasteiger partial charge in [-0.15, -0.1) is 0 Å². The molecule has 21 heavy (non-hydrogen) atoms. The summed E-state index contributed by atoms with van der Waals surface area (Å²) in [6, 6.07) is 12.4. The number of carbonyl (C=O) groups is 2. The summed E-state index contributed by atoms with van der Waals surface area (Å²) in [5.41, 5.74) is 2.34. The molecule has 2 amide bonds. The Kier molecular flexibility index (Phi) is 3.31. The Bertz CT molecular complexity index is 708. The average Bonchev–Trinajstić information content (AvgIpc) is 2.86. The molecule has 0 saturated carbocycles. The van der Waals surface area contributed by atoms with Gasteiger partial charge in [0.15, 0.2) is 0 Å². The van der Waals surface area contributed by atoms with E-state index in [4.69, 9.17) is 4.74 Å². The predicted molar refractivity (Wildman–Crippen MR) is 78.7 cm³/mol. The molecule has 3 rings (SSSR count). The van der Waals surface area contributed by atoms with Crippen LogP contribution in [0.4, 0.5) is 5.69 Å². The minimum Gasteiger partial charge on any atom is -0.457 e. The summed E-state index contributed by atoms with van der Waals surface area (Å²) in [5, 5.41) is 5.34. The molecule has 106 valence electrons. The van der Waals surface area contributed by atoms with Crippen LogP contribution >= 0.6 is 0 Å². The van der Waals surface area contributed by atoms with E-state index >= 15 is 0 Å². The van der Waals surface area contributed by atoms with Crippen molar-refractivity contribution in [1.82, 2.24) is 5.32 Å². The molecule has 0 aromatic heterocycles. The molecule has 0 radical (unpaired) electrons. The summed E-state index contributed by atoms with van der Waals surface area (Å²) in [4.78, 5) is 22.8. The first-order chi connectivity index (χ1) is 10.2. The van der Waals surface area contributed by atoms with Gasteiger partial charge in [-0.2, -0.15) is 0 Å². The summed E-state index contributed by atoms with van der Waals surface area (Å²) >= 11 is 0. The van der Waals surface area contributed by atoms with Crippen molar-refractivity contribution >= 4 is 17.5 Å². The zero-order valence-electron chi connectivity index (χ0n) is 11.5. The highest BCUT2D eigenvalue weighted by Crippen LogP contribution is 2.29. The number of hydrogen-bond donors (Lipinski definition) is 2. The van der Waals surface area contributed by atoms with Gasteiger partial charge in [0.1, 0.15) is 11.5 Å². The van der Waals surface area contributed by atoms with Crippen molar-refractivity contribution in [2.75, 3.05) is 12.4 Å². The first-order valence-electron chi connectivity index (χ1n) is 6.58. The number of amides is 2. The van der Waals surface area contributed by atoms with E-state index in [1.54, 1.807) is 37.4 Å². The zero-order chi connectivity index (χ0) is 14.8. The fraction of sp³-hybridized carbons (Fsp3) is 0.125. The molecule has 0 saturated heterocycles. The monoisotopic (exact) mass is 282 g/mol. The second-order valence-electron chi connectivity index (χ2n) is 4.75. The largest absolute Gasteiger partial charge is 0.457 e. The van der Waals surface area contributed by atoms with E-state index in [1.807, 2.05) is 12.1 Å². The van der Waals surface area contributed by atoms with Crippen LogP contribution in [0.25, 0.3) is 0 Å². The van der Waals surface area contributed by atoms with Gasteiger partial charge in [0.2, 0.25) is 5.91 Å². The molecular formula is C16H14N2O3. The zero-order valence-corrected chi connectivity index (χ0v) is 11.5. The highest BCUT2D eigenvalue weighted by molar-refractivity contribution is 5.99. The molecule has 1 aliphatic heterocycles. The predicted octanol–water partition coefficient (Wildman–Crippen LogP) is 2.33. The molecule has 1 heterocycles. The molecule has 0 atom stereocenters. The lowest BCUT2D eigenvalue weighted by atomic mass is 10.1. The van der Waals surface area contributed by atoms with Crippen LogP contribution in [0, 0.1) is 0 Å². The third-order valence-corrected chi connectivity index (χ3v) is 3.28. The van der Waals surface area contributed by atoms with E-state index < -0.39 is 0 Å². The molecule has 2 aromatic rings. The fourth-order valence-electron chi connectivity index (χ4n) is 2.22. The summed E-state index contributed by atoms with van der Waals surface area (Å²) in [6.07, 6.45) is 0.377. The van der Waals surface area contributed by atoms with Crippen LogP contribution in [0.3, 0.4) is 0 Å². The summed E-state index contributed by atoms with van der Waals surface area (Å²) in [7, 11) is 1.59. The Morgan fingerprint density at radius 1 is 1.14 bits per heavy atom. The van der Waals surface area contributed by atoms with Gasteiger partial charge in [-0.25, -0.2) is 0 Å². The lowest BCUT2D eigenvalue weighted by molar-refractivity contribution is -0.115. The Labute approximate surface area is 121 Å². The van der Waals surface area contributed by atoms with Gasteiger partial charge in [0.05, 0.1) is 6.42 Å². The Balaban J connectivity index is 1.77. The minimum atomic E-state index is -0.135. The lowest BCUT2D eigenvalue weighted by Gasteiger charge is -2.08. The molecule has 0 aliphatic carbocycles. The Morgan fingerprint density at radius 3 is 2.57 bits per heavy atom. The Morgan fingerprint density at radius 2 is 1.86 bits per heavy atom. The number of nitrogens with one attached hydrogen (secondary N) is 2. The third kappa shape index (κ3) is 2.72. The van der Waals surface area contributed by atoms with Gasteiger partial charge in [-0.05, 0) is 48.0 Å². The van der Waals surface area contributed by atoms with Gasteiger partial charge in [0, 0.05) is 18.3 Å². The summed E-state index contributed by atoms with van der Waals surface area (Å²) in [6.45, 7) is 0. The highest BCUT2D eigenvalue weighted by atomic mass is 16.5. The van der Waals surface area contributed by atoms with Crippen molar-refractivity contribution in [3.8, 4) is 11.5 Å². The number of fused-ring (bicyclic) bond motifs is 1. The molecule has 2 N–H and O–H groups in total. The first kappa shape index (κ1) is 13.2. The van der Waals surface area contributed by atoms with Crippen molar-refractivity contribution in [1.29, 1.82) is 0 Å². The van der Waals surface area contributed by atoms with Crippen molar-refractivity contribution in [3.63, 3.8) is 0 Å². The maximum Gasteiger partial charge on any atom is 0.251 e. The third-order valence-electron chi connectivity index (χ3n) is 3.28. The maximum atomic E-state index is 11.5. The van der Waals surface area contributed by atoms with Crippen molar-refractivity contribution in [2.24, 2.45) is 0 Å². The van der Waals surface area contributed by atoms with Crippen LogP contribution in [0.5, 0.6) is 11.5 Å². The van der Waals surface area contributed by atoms with E-state index in [1.165, 1.54) is 0 Å². The number of carbonyl (C=O) groups excluding carboxylic acids is 2. The molecule has 5 nitrogen and oxygen atoms in total. The number of ether oxygens (including phenoxy) is 1. The van der Waals surface area contributed by atoms with E-state index in [2.05, 4.69) is 10.6 Å². The topological polar surface area (TPSA) is 67.4 Å². The SMILES string of the molecule is CNC(=O)c1ccc(Oc2ccc3c(c2)CC(=O)N3)cc1. The van der Waals surface area contributed by atoms with E-state index in [-0.39, 0.29) is 11.8 Å². The second kappa shape index (κ2) is 5.28. The molecule has 2 aromatic carbocycles. The van der Waals surface area contributed by atoms with Crippen LogP contribution in [-0.4, -0.2) is 18.9 Å². The fourth-order valence-corrected chi connectivity index (χ4v) is 2.22. The van der Waals surface area contributed by atoms with Crippen LogP contribution < -0.4 is 15.4 Å². The summed E-state index contributed by atoms with van der Waals surface area (Å²) < 4.78 is 5.74. The number of benzene rings is 2. The molecule has 1 aliphatic rings. The molecule has 0 unspecified atom stereocenters.